The van der Waals surface area contributed by atoms with Crippen LogP contribution in [0, 0.1) is 10.1 Å². The molecule has 2 atom stereocenters. The normalized spacial score (nSPS) is 17.5. The highest BCUT2D eigenvalue weighted by molar-refractivity contribution is 6.30. The van der Waals surface area contributed by atoms with Crippen LogP contribution in [-0.4, -0.2) is 47.5 Å². The molecule has 0 spiro atoms. The van der Waals surface area contributed by atoms with Crippen LogP contribution in [0.1, 0.15) is 26.7 Å². The fourth-order valence-corrected chi connectivity index (χ4v) is 2.99. The summed E-state index contributed by atoms with van der Waals surface area (Å²) in [7, 11) is 0. The summed E-state index contributed by atoms with van der Waals surface area (Å²) in [6.45, 7) is 5.92. The molecule has 0 bridgehead atoms. The van der Waals surface area contributed by atoms with Gasteiger partial charge in [0, 0.05) is 30.2 Å². The lowest BCUT2D eigenvalue weighted by atomic mass is 10.2. The van der Waals surface area contributed by atoms with Crippen LogP contribution in [-0.2, 0) is 4.79 Å². The summed E-state index contributed by atoms with van der Waals surface area (Å²) >= 11 is 5.80. The molecule has 9 heteroatoms. The molecule has 1 amide bonds. The number of nitrogens with zero attached hydrogens (tertiary/aromatic N) is 2. The van der Waals surface area contributed by atoms with E-state index in [1.807, 2.05) is 11.8 Å². The Morgan fingerprint density at radius 2 is 2.28 bits per heavy atom. The monoisotopic (exact) mass is 391 g/mol. The second-order valence-corrected chi connectivity index (χ2v) is 6.24. The van der Waals surface area contributed by atoms with Gasteiger partial charge in [0.05, 0.1) is 4.92 Å². The van der Waals surface area contributed by atoms with Crippen LogP contribution in [0.5, 0.6) is 5.75 Å². The lowest BCUT2D eigenvalue weighted by molar-refractivity contribution is -0.386. The van der Waals surface area contributed by atoms with Crippen LogP contribution in [0.25, 0.3) is 0 Å². The Kier molecular flexibility index (Phi) is 8.41. The van der Waals surface area contributed by atoms with Gasteiger partial charge in [-0.1, -0.05) is 18.5 Å². The first-order valence-electron chi connectivity index (χ1n) is 8.05. The highest BCUT2D eigenvalue weighted by atomic mass is 35.5. The number of nitro benzene ring substituents is 1. The van der Waals surface area contributed by atoms with E-state index in [2.05, 4.69) is 5.32 Å². The zero-order chi connectivity index (χ0) is 17.7. The average molecular weight is 392 g/mol. The molecule has 1 saturated heterocycles. The van der Waals surface area contributed by atoms with Gasteiger partial charge in [0.2, 0.25) is 0 Å². The average Bonchev–Trinajstić information content (AvgIpc) is 3.07. The third kappa shape index (κ3) is 5.45. The summed E-state index contributed by atoms with van der Waals surface area (Å²) in [4.78, 5) is 25.1. The van der Waals surface area contributed by atoms with Crippen molar-refractivity contribution in [3.8, 4) is 5.75 Å². The molecule has 2 unspecified atom stereocenters. The first kappa shape index (κ1) is 21.5. The summed E-state index contributed by atoms with van der Waals surface area (Å²) in [5.74, 6) is -0.110. The van der Waals surface area contributed by atoms with E-state index in [0.29, 0.717) is 6.54 Å². The number of hydrogen-bond acceptors (Lipinski definition) is 5. The molecule has 0 aromatic heterocycles. The van der Waals surface area contributed by atoms with E-state index in [4.69, 9.17) is 16.3 Å². The quantitative estimate of drug-likeness (QED) is 0.570. The van der Waals surface area contributed by atoms with Crippen molar-refractivity contribution in [3.05, 3.63) is 33.3 Å². The van der Waals surface area contributed by atoms with Crippen LogP contribution in [0.4, 0.5) is 5.69 Å². The Bertz CT molecular complexity index is 609. The SMILES string of the molecule is CCCN(C(=O)C(C)Oc1ccc(Cl)cc1[N+](=O)[O-])C1CCNC1.Cl. The van der Waals surface area contributed by atoms with Crippen molar-refractivity contribution in [1.82, 2.24) is 10.2 Å². The minimum Gasteiger partial charge on any atom is -0.474 e. The van der Waals surface area contributed by atoms with Crippen molar-refractivity contribution in [2.75, 3.05) is 19.6 Å². The maximum absolute atomic E-state index is 12.7. The van der Waals surface area contributed by atoms with Gasteiger partial charge in [-0.3, -0.25) is 14.9 Å². The number of amides is 1. The molecule has 7 nitrogen and oxygen atoms in total. The molecule has 1 aliphatic rings. The number of benzene rings is 1. The van der Waals surface area contributed by atoms with Crippen LogP contribution < -0.4 is 10.1 Å². The number of carbonyl (C=O) groups is 1. The molecular formula is C16H23Cl2N3O4. The van der Waals surface area contributed by atoms with Crippen LogP contribution in [0.3, 0.4) is 0 Å². The van der Waals surface area contributed by atoms with Crippen molar-refractivity contribution in [3.63, 3.8) is 0 Å². The van der Waals surface area contributed by atoms with Gasteiger partial charge < -0.3 is 15.0 Å². The highest BCUT2D eigenvalue weighted by Crippen LogP contribution is 2.31. The first-order chi connectivity index (χ1) is 11.4. The third-order valence-corrected chi connectivity index (χ3v) is 4.23. The highest BCUT2D eigenvalue weighted by Gasteiger charge is 2.31. The largest absolute Gasteiger partial charge is 0.474 e. The molecular weight excluding hydrogens is 369 g/mol. The van der Waals surface area contributed by atoms with Gasteiger partial charge in [0.1, 0.15) is 0 Å². The number of carbonyl (C=O) groups excluding carboxylic acids is 1. The Morgan fingerprint density at radius 1 is 1.56 bits per heavy atom. The van der Waals surface area contributed by atoms with Crippen LogP contribution in [0.15, 0.2) is 18.2 Å². The molecule has 1 N–H and O–H groups in total. The maximum atomic E-state index is 12.7. The van der Waals surface area contributed by atoms with Gasteiger partial charge in [0.15, 0.2) is 11.9 Å². The van der Waals surface area contributed by atoms with E-state index in [0.717, 1.165) is 25.9 Å². The molecule has 1 aromatic carbocycles. The standard InChI is InChI=1S/C16H22ClN3O4.ClH/c1-3-8-19(13-6-7-18-10-13)16(21)11(2)24-15-5-4-12(17)9-14(15)20(22)23;/h4-5,9,11,13,18H,3,6-8,10H2,1-2H3;1H. The van der Waals surface area contributed by atoms with Crippen LogP contribution in [0.2, 0.25) is 5.02 Å². The Balaban J connectivity index is 0.00000312. The predicted molar refractivity (Wildman–Crippen MR) is 98.7 cm³/mol. The first-order valence-corrected chi connectivity index (χ1v) is 8.43. The van der Waals surface area contributed by atoms with E-state index >= 15 is 0 Å². The fraction of sp³-hybridized carbons (Fsp3) is 0.562. The minimum absolute atomic E-state index is 0. The van der Waals surface area contributed by atoms with E-state index in [9.17, 15) is 14.9 Å². The molecule has 1 heterocycles. The Labute approximate surface area is 158 Å². The summed E-state index contributed by atoms with van der Waals surface area (Å²) < 4.78 is 5.60. The minimum atomic E-state index is -0.808. The maximum Gasteiger partial charge on any atom is 0.312 e. The molecule has 0 aliphatic carbocycles. The van der Waals surface area contributed by atoms with Gasteiger partial charge in [0.25, 0.3) is 5.91 Å². The summed E-state index contributed by atoms with van der Waals surface area (Å²) in [5.41, 5.74) is -0.244. The number of halogens is 2. The smallest absolute Gasteiger partial charge is 0.312 e. The lowest BCUT2D eigenvalue weighted by Gasteiger charge is -2.30. The molecule has 0 radical (unpaired) electrons. The number of ether oxygens (including phenoxy) is 1. The molecule has 1 aliphatic heterocycles. The van der Waals surface area contributed by atoms with Gasteiger partial charge in [-0.25, -0.2) is 0 Å². The number of hydrogen-bond donors (Lipinski definition) is 1. The van der Waals surface area contributed by atoms with Gasteiger partial charge in [-0.05, 0) is 38.4 Å². The van der Waals surface area contributed by atoms with Crippen molar-refractivity contribution in [1.29, 1.82) is 0 Å². The zero-order valence-electron chi connectivity index (χ0n) is 14.2. The molecule has 0 saturated carbocycles. The molecule has 25 heavy (non-hydrogen) atoms. The molecule has 2 rings (SSSR count). The van der Waals surface area contributed by atoms with Crippen LogP contribution >= 0.6 is 24.0 Å². The molecule has 1 fully saturated rings. The van der Waals surface area contributed by atoms with Gasteiger partial charge >= 0.3 is 5.69 Å². The topological polar surface area (TPSA) is 84.7 Å². The zero-order valence-corrected chi connectivity index (χ0v) is 15.8. The summed E-state index contributed by atoms with van der Waals surface area (Å²) in [5, 5.41) is 14.6. The van der Waals surface area contributed by atoms with Gasteiger partial charge in [-0.15, -0.1) is 12.4 Å². The summed E-state index contributed by atoms with van der Waals surface area (Å²) in [6, 6.07) is 4.29. The Morgan fingerprint density at radius 3 is 2.84 bits per heavy atom. The van der Waals surface area contributed by atoms with Crippen molar-refractivity contribution < 1.29 is 14.5 Å². The van der Waals surface area contributed by atoms with E-state index < -0.39 is 11.0 Å². The van der Waals surface area contributed by atoms with Crippen molar-refractivity contribution >= 4 is 35.6 Å². The number of nitrogens with one attached hydrogen (secondary N) is 1. The molecule has 1 aromatic rings. The third-order valence-electron chi connectivity index (χ3n) is 3.99. The van der Waals surface area contributed by atoms with Crippen molar-refractivity contribution in [2.45, 2.75) is 38.8 Å². The second-order valence-electron chi connectivity index (χ2n) is 5.81. The van der Waals surface area contributed by atoms with E-state index in [-0.39, 0.29) is 40.8 Å². The number of rotatable bonds is 7. The van der Waals surface area contributed by atoms with Crippen molar-refractivity contribution in [2.24, 2.45) is 0 Å². The predicted octanol–water partition coefficient (Wildman–Crippen LogP) is 3.04. The molecule has 140 valence electrons. The number of nitro groups is 1. The summed E-state index contributed by atoms with van der Waals surface area (Å²) in [6.07, 6.45) is 0.937. The van der Waals surface area contributed by atoms with Gasteiger partial charge in [-0.2, -0.15) is 0 Å². The fourth-order valence-electron chi connectivity index (χ4n) is 2.83. The van der Waals surface area contributed by atoms with E-state index in [1.165, 1.54) is 18.2 Å². The second kappa shape index (κ2) is 9.79. The lowest BCUT2D eigenvalue weighted by Crippen LogP contribution is -2.47. The Hall–Kier alpha value is -1.57. The van der Waals surface area contributed by atoms with E-state index in [1.54, 1.807) is 6.92 Å².